The Morgan fingerprint density at radius 1 is 1.43 bits per heavy atom. The fourth-order valence-corrected chi connectivity index (χ4v) is 1.45. The van der Waals surface area contributed by atoms with Crippen LogP contribution in [-0.4, -0.2) is 16.1 Å². The molecule has 0 bridgehead atoms. The molecule has 0 atom stereocenters. The maximum Gasteiger partial charge on any atom is 0.150 e. The van der Waals surface area contributed by atoms with E-state index in [1.54, 1.807) is 0 Å². The lowest BCUT2D eigenvalue weighted by Gasteiger charge is -2.02. The monoisotopic (exact) mass is 188 g/mol. The van der Waals surface area contributed by atoms with Crippen LogP contribution >= 0.6 is 0 Å². The minimum atomic E-state index is 0.321. The number of nitrogens with zero attached hydrogens (tertiary/aromatic N) is 2. The first-order chi connectivity index (χ1) is 6.72. The standard InChI is InChI=1S/C11H12N2O/c1-8(2)13-6-10-9(7-14)4-3-5-11(10)12-13/h3-8H,1-2H3. The zero-order valence-corrected chi connectivity index (χ0v) is 8.27. The molecule has 0 fully saturated rings. The number of carbonyl (C=O) groups is 1. The Morgan fingerprint density at radius 2 is 2.21 bits per heavy atom. The molecule has 1 aromatic heterocycles. The zero-order chi connectivity index (χ0) is 10.1. The molecule has 14 heavy (non-hydrogen) atoms. The highest BCUT2D eigenvalue weighted by molar-refractivity contribution is 5.96. The summed E-state index contributed by atoms with van der Waals surface area (Å²) in [6.45, 7) is 4.12. The van der Waals surface area contributed by atoms with Gasteiger partial charge in [-0.25, -0.2) is 0 Å². The Labute approximate surface area is 82.3 Å². The Bertz CT molecular complexity index is 471. The van der Waals surface area contributed by atoms with Gasteiger partial charge in [0.05, 0.1) is 5.52 Å². The van der Waals surface area contributed by atoms with Crippen molar-refractivity contribution in [1.29, 1.82) is 0 Å². The van der Waals surface area contributed by atoms with Crippen LogP contribution in [-0.2, 0) is 0 Å². The third-order valence-electron chi connectivity index (χ3n) is 2.26. The van der Waals surface area contributed by atoms with Gasteiger partial charge in [0, 0.05) is 23.2 Å². The lowest BCUT2D eigenvalue weighted by Crippen LogP contribution is -1.99. The lowest BCUT2D eigenvalue weighted by atomic mass is 10.1. The number of hydrogen-bond donors (Lipinski definition) is 0. The number of benzene rings is 1. The van der Waals surface area contributed by atoms with Crippen molar-refractivity contribution in [1.82, 2.24) is 9.78 Å². The summed E-state index contributed by atoms with van der Waals surface area (Å²) in [6, 6.07) is 5.90. The summed E-state index contributed by atoms with van der Waals surface area (Å²) in [5.74, 6) is 0. The molecule has 0 N–H and O–H groups in total. The zero-order valence-electron chi connectivity index (χ0n) is 8.27. The summed E-state index contributed by atoms with van der Waals surface area (Å²) in [7, 11) is 0. The number of aromatic nitrogens is 2. The van der Waals surface area contributed by atoms with Crippen molar-refractivity contribution < 1.29 is 4.79 Å². The van der Waals surface area contributed by atoms with E-state index in [1.165, 1.54) is 0 Å². The van der Waals surface area contributed by atoms with Crippen LogP contribution in [0.5, 0.6) is 0 Å². The van der Waals surface area contributed by atoms with Gasteiger partial charge in [-0.3, -0.25) is 9.48 Å². The topological polar surface area (TPSA) is 34.9 Å². The van der Waals surface area contributed by atoms with Crippen LogP contribution in [0, 0.1) is 0 Å². The second-order valence-corrected chi connectivity index (χ2v) is 3.60. The van der Waals surface area contributed by atoms with Gasteiger partial charge in [-0.05, 0) is 19.9 Å². The second-order valence-electron chi connectivity index (χ2n) is 3.60. The average molecular weight is 188 g/mol. The maximum absolute atomic E-state index is 10.8. The van der Waals surface area contributed by atoms with Crippen LogP contribution in [0.4, 0.5) is 0 Å². The normalized spacial score (nSPS) is 11.1. The summed E-state index contributed by atoms with van der Waals surface area (Å²) in [5.41, 5.74) is 1.58. The van der Waals surface area contributed by atoms with Crippen molar-refractivity contribution in [2.75, 3.05) is 0 Å². The van der Waals surface area contributed by atoms with Gasteiger partial charge in [-0.15, -0.1) is 0 Å². The third-order valence-corrected chi connectivity index (χ3v) is 2.26. The minimum absolute atomic E-state index is 0.321. The largest absolute Gasteiger partial charge is 0.298 e. The Morgan fingerprint density at radius 3 is 2.86 bits per heavy atom. The van der Waals surface area contributed by atoms with Crippen LogP contribution in [0.3, 0.4) is 0 Å². The number of hydrogen-bond acceptors (Lipinski definition) is 2. The van der Waals surface area contributed by atoms with E-state index in [4.69, 9.17) is 0 Å². The molecule has 0 radical (unpaired) electrons. The molecular weight excluding hydrogens is 176 g/mol. The minimum Gasteiger partial charge on any atom is -0.298 e. The summed E-state index contributed by atoms with van der Waals surface area (Å²) in [6.07, 6.45) is 2.79. The van der Waals surface area contributed by atoms with Crippen LogP contribution in [0.15, 0.2) is 24.4 Å². The van der Waals surface area contributed by atoms with Crippen molar-refractivity contribution in [2.24, 2.45) is 0 Å². The highest BCUT2D eigenvalue weighted by Crippen LogP contribution is 2.17. The van der Waals surface area contributed by atoms with E-state index in [1.807, 2.05) is 29.1 Å². The molecule has 2 rings (SSSR count). The van der Waals surface area contributed by atoms with E-state index in [0.717, 1.165) is 17.2 Å². The maximum atomic E-state index is 10.8. The summed E-state index contributed by atoms with van der Waals surface area (Å²) >= 11 is 0. The first-order valence-corrected chi connectivity index (χ1v) is 4.65. The molecule has 0 unspecified atom stereocenters. The Hall–Kier alpha value is -1.64. The molecule has 0 saturated heterocycles. The van der Waals surface area contributed by atoms with Gasteiger partial charge in [-0.2, -0.15) is 5.10 Å². The Balaban J connectivity index is 2.70. The van der Waals surface area contributed by atoms with Crippen LogP contribution < -0.4 is 0 Å². The van der Waals surface area contributed by atoms with Crippen molar-refractivity contribution in [3.05, 3.63) is 30.0 Å². The molecular formula is C11H12N2O. The number of rotatable bonds is 2. The van der Waals surface area contributed by atoms with Gasteiger partial charge >= 0.3 is 0 Å². The molecule has 1 heterocycles. The number of carbonyl (C=O) groups excluding carboxylic acids is 1. The summed E-state index contributed by atoms with van der Waals surface area (Å²) < 4.78 is 1.87. The van der Waals surface area contributed by atoms with Crippen molar-refractivity contribution >= 4 is 17.2 Å². The molecule has 3 heteroatoms. The highest BCUT2D eigenvalue weighted by Gasteiger charge is 2.06. The van der Waals surface area contributed by atoms with E-state index in [0.29, 0.717) is 11.6 Å². The van der Waals surface area contributed by atoms with Gasteiger partial charge < -0.3 is 0 Å². The van der Waals surface area contributed by atoms with E-state index < -0.39 is 0 Å². The molecule has 0 amide bonds. The number of aldehydes is 1. The summed E-state index contributed by atoms with van der Waals surface area (Å²) in [5, 5.41) is 5.31. The Kier molecular flexibility index (Phi) is 2.08. The fourth-order valence-electron chi connectivity index (χ4n) is 1.45. The predicted octanol–water partition coefficient (Wildman–Crippen LogP) is 2.43. The molecule has 0 aliphatic carbocycles. The molecule has 0 saturated carbocycles. The van der Waals surface area contributed by atoms with E-state index >= 15 is 0 Å². The van der Waals surface area contributed by atoms with Crippen LogP contribution in [0.2, 0.25) is 0 Å². The first-order valence-electron chi connectivity index (χ1n) is 4.65. The second kappa shape index (κ2) is 3.25. The average Bonchev–Trinajstić information content (AvgIpc) is 2.60. The van der Waals surface area contributed by atoms with E-state index in [-0.39, 0.29) is 0 Å². The molecule has 1 aromatic carbocycles. The molecule has 72 valence electrons. The SMILES string of the molecule is CC(C)n1cc2c(C=O)cccc2n1. The molecule has 2 aromatic rings. The number of fused-ring (bicyclic) bond motifs is 1. The predicted molar refractivity (Wildman–Crippen MR) is 55.5 cm³/mol. The third kappa shape index (κ3) is 1.31. The van der Waals surface area contributed by atoms with Gasteiger partial charge in [0.2, 0.25) is 0 Å². The molecule has 0 aliphatic rings. The van der Waals surface area contributed by atoms with Gasteiger partial charge in [0.25, 0.3) is 0 Å². The smallest absolute Gasteiger partial charge is 0.150 e. The van der Waals surface area contributed by atoms with Crippen LogP contribution in [0.1, 0.15) is 30.2 Å². The van der Waals surface area contributed by atoms with Crippen molar-refractivity contribution in [3.63, 3.8) is 0 Å². The van der Waals surface area contributed by atoms with Crippen molar-refractivity contribution in [3.8, 4) is 0 Å². The van der Waals surface area contributed by atoms with E-state index in [9.17, 15) is 4.79 Å². The molecule has 0 spiro atoms. The lowest BCUT2D eigenvalue weighted by molar-refractivity contribution is 0.112. The molecule has 3 nitrogen and oxygen atoms in total. The quantitative estimate of drug-likeness (QED) is 0.678. The summed E-state index contributed by atoms with van der Waals surface area (Å²) in [4.78, 5) is 10.8. The fraction of sp³-hybridized carbons (Fsp3) is 0.273. The van der Waals surface area contributed by atoms with E-state index in [2.05, 4.69) is 18.9 Å². The van der Waals surface area contributed by atoms with Gasteiger partial charge in [-0.1, -0.05) is 12.1 Å². The van der Waals surface area contributed by atoms with Crippen molar-refractivity contribution in [2.45, 2.75) is 19.9 Å². The van der Waals surface area contributed by atoms with Gasteiger partial charge in [0.15, 0.2) is 6.29 Å². The van der Waals surface area contributed by atoms with Gasteiger partial charge in [0.1, 0.15) is 0 Å². The first kappa shape index (κ1) is 8.94. The molecule has 0 aliphatic heterocycles. The van der Waals surface area contributed by atoms with Crippen LogP contribution in [0.25, 0.3) is 10.9 Å². The highest BCUT2D eigenvalue weighted by atomic mass is 16.1.